The SMILES string of the molecule is O=C([O-])[O-].[Cu+2].[K+].[OH-]. The Kier molecular flexibility index (Phi) is 53.2. The minimum absolute atomic E-state index is 0. The van der Waals surface area contributed by atoms with Crippen LogP contribution in [0.4, 0.5) is 4.79 Å². The van der Waals surface area contributed by atoms with Crippen LogP contribution in [0.3, 0.4) is 0 Å². The maximum atomic E-state index is 8.33. The first-order chi connectivity index (χ1) is 1.73. The number of carboxylic acid groups (broad SMARTS) is 2. The molecule has 0 heterocycles. The third-order valence-corrected chi connectivity index (χ3v) is 0. The van der Waals surface area contributed by atoms with Gasteiger partial charge >= 0.3 is 68.5 Å². The summed E-state index contributed by atoms with van der Waals surface area (Å²) in [4.78, 5) is 8.33. The minimum Gasteiger partial charge on any atom is -0.870 e. The Morgan fingerprint density at radius 3 is 1.29 bits per heavy atom. The molecule has 4 nitrogen and oxygen atoms in total. The van der Waals surface area contributed by atoms with Gasteiger partial charge in [-0.2, -0.15) is 0 Å². The van der Waals surface area contributed by atoms with Crippen molar-refractivity contribution >= 4 is 6.16 Å². The Morgan fingerprint density at radius 2 is 1.29 bits per heavy atom. The van der Waals surface area contributed by atoms with Crippen LogP contribution in [0, 0.1) is 0 Å². The second-order valence-electron chi connectivity index (χ2n) is 0.250. The zero-order valence-corrected chi connectivity index (χ0v) is 7.54. The van der Waals surface area contributed by atoms with Crippen molar-refractivity contribution in [1.82, 2.24) is 0 Å². The van der Waals surface area contributed by atoms with Crippen molar-refractivity contribution < 1.29 is 88.9 Å². The van der Waals surface area contributed by atoms with Gasteiger partial charge in [-0.1, -0.05) is 0 Å². The number of carbonyl (C=O) groups excluding carboxylic acids is 1. The fourth-order valence-corrected chi connectivity index (χ4v) is 0. The van der Waals surface area contributed by atoms with Gasteiger partial charge in [0.1, 0.15) is 0 Å². The predicted molar refractivity (Wildman–Crippen MR) is 7.33 cm³/mol. The molecule has 0 aromatic rings. The van der Waals surface area contributed by atoms with Crippen LogP contribution in [-0.2, 0) is 17.1 Å². The Labute approximate surface area is 93.5 Å². The van der Waals surface area contributed by atoms with Crippen LogP contribution in [-0.4, -0.2) is 11.6 Å². The van der Waals surface area contributed by atoms with Crippen LogP contribution in [0.25, 0.3) is 0 Å². The molecule has 0 atom stereocenters. The van der Waals surface area contributed by atoms with Crippen LogP contribution < -0.4 is 61.6 Å². The molecule has 0 bridgehead atoms. The minimum atomic E-state index is -2.33. The van der Waals surface area contributed by atoms with Crippen molar-refractivity contribution in [2.75, 3.05) is 0 Å². The third-order valence-electron chi connectivity index (χ3n) is 0. The van der Waals surface area contributed by atoms with Gasteiger partial charge in [0.15, 0.2) is 0 Å². The maximum absolute atomic E-state index is 8.33. The monoisotopic (exact) mass is 179 g/mol. The van der Waals surface area contributed by atoms with Crippen LogP contribution in [0.15, 0.2) is 0 Å². The predicted octanol–water partition coefficient (Wildman–Crippen LogP) is -5.62. The van der Waals surface area contributed by atoms with Gasteiger partial charge < -0.3 is 20.5 Å². The molecular weight excluding hydrogens is 179 g/mol. The Morgan fingerprint density at radius 1 is 1.29 bits per heavy atom. The molecule has 0 unspecified atom stereocenters. The standard InChI is InChI=1S/CH2O3.Cu.K.H2O/c2-1(3)4;;;/h(H2,2,3,4);;;1H2/q;+2;+1;/p-3. The molecule has 0 saturated heterocycles. The summed E-state index contributed by atoms with van der Waals surface area (Å²) in [6, 6.07) is 0. The van der Waals surface area contributed by atoms with Gasteiger partial charge in [-0.25, -0.2) is 0 Å². The van der Waals surface area contributed by atoms with Gasteiger partial charge in [-0.05, 0) is 6.16 Å². The molecule has 41 valence electrons. The average Bonchev–Trinajstić information content (AvgIpc) is 0.811. The first kappa shape index (κ1) is 23.8. The van der Waals surface area contributed by atoms with E-state index in [1.807, 2.05) is 0 Å². The smallest absolute Gasteiger partial charge is 0.870 e. The molecule has 0 aliphatic carbocycles. The van der Waals surface area contributed by atoms with E-state index in [1.165, 1.54) is 0 Å². The summed E-state index contributed by atoms with van der Waals surface area (Å²) in [6.45, 7) is 0. The van der Waals surface area contributed by atoms with E-state index in [4.69, 9.17) is 15.0 Å². The van der Waals surface area contributed by atoms with Gasteiger partial charge in [0.25, 0.3) is 0 Å². The van der Waals surface area contributed by atoms with E-state index >= 15 is 0 Å². The van der Waals surface area contributed by atoms with E-state index in [0.717, 1.165) is 0 Å². The summed E-state index contributed by atoms with van der Waals surface area (Å²) in [5.74, 6) is 0. The Bertz CT molecular complexity index is 34.7. The molecule has 1 N–H and O–H groups in total. The first-order valence-electron chi connectivity index (χ1n) is 0.612. The van der Waals surface area contributed by atoms with E-state index < -0.39 is 6.16 Å². The second-order valence-corrected chi connectivity index (χ2v) is 0.250. The number of hydrogen-bond donors (Lipinski definition) is 0. The molecular formula is CHCuKO4. The van der Waals surface area contributed by atoms with Gasteiger partial charge in [0.2, 0.25) is 0 Å². The third kappa shape index (κ3) is 112. The molecule has 0 spiro atoms. The Balaban J connectivity index is -0.0000000150. The van der Waals surface area contributed by atoms with E-state index in [-0.39, 0.29) is 73.9 Å². The molecule has 1 radical (unpaired) electrons. The van der Waals surface area contributed by atoms with Crippen molar-refractivity contribution in [3.05, 3.63) is 0 Å². The molecule has 7 heavy (non-hydrogen) atoms. The fourth-order valence-electron chi connectivity index (χ4n) is 0. The summed E-state index contributed by atoms with van der Waals surface area (Å²) >= 11 is 0. The van der Waals surface area contributed by atoms with Gasteiger partial charge in [-0.3, -0.25) is 0 Å². The van der Waals surface area contributed by atoms with Crippen molar-refractivity contribution in [1.29, 1.82) is 0 Å². The van der Waals surface area contributed by atoms with Crippen LogP contribution >= 0.6 is 0 Å². The summed E-state index contributed by atoms with van der Waals surface area (Å²) in [5.41, 5.74) is 0. The molecule has 0 amide bonds. The topological polar surface area (TPSA) is 93.2 Å². The molecule has 0 saturated carbocycles. The zero-order chi connectivity index (χ0) is 3.58. The number of rotatable bonds is 0. The van der Waals surface area contributed by atoms with E-state index in [9.17, 15) is 0 Å². The van der Waals surface area contributed by atoms with Crippen molar-refractivity contribution in [3.63, 3.8) is 0 Å². The largest absolute Gasteiger partial charge is 2.00 e. The van der Waals surface area contributed by atoms with Crippen LogP contribution in [0.5, 0.6) is 0 Å². The molecule has 0 aliphatic heterocycles. The average molecular weight is 180 g/mol. The fraction of sp³-hybridized carbons (Fsp3) is 0. The summed E-state index contributed by atoms with van der Waals surface area (Å²) in [7, 11) is 0. The van der Waals surface area contributed by atoms with E-state index in [1.54, 1.807) is 0 Å². The van der Waals surface area contributed by atoms with Crippen molar-refractivity contribution in [2.24, 2.45) is 0 Å². The normalized spacial score (nSPS) is 3.43. The van der Waals surface area contributed by atoms with Crippen LogP contribution in [0.2, 0.25) is 0 Å². The Hall–Kier alpha value is 1.39. The number of hydrogen-bond acceptors (Lipinski definition) is 4. The van der Waals surface area contributed by atoms with Crippen LogP contribution in [0.1, 0.15) is 0 Å². The molecule has 0 aromatic heterocycles. The van der Waals surface area contributed by atoms with Gasteiger partial charge in [0.05, 0.1) is 0 Å². The van der Waals surface area contributed by atoms with E-state index in [0.29, 0.717) is 0 Å². The van der Waals surface area contributed by atoms with Gasteiger partial charge in [0, 0.05) is 0 Å². The molecule has 6 heteroatoms. The van der Waals surface area contributed by atoms with Crippen molar-refractivity contribution in [3.8, 4) is 0 Å². The molecule has 0 rings (SSSR count). The quantitative estimate of drug-likeness (QED) is 0.347. The number of carbonyl (C=O) groups is 1. The molecule has 0 fully saturated rings. The summed E-state index contributed by atoms with van der Waals surface area (Å²) in [6.07, 6.45) is -2.33. The zero-order valence-electron chi connectivity index (χ0n) is 3.47. The first-order valence-corrected chi connectivity index (χ1v) is 0.612. The molecule has 0 aliphatic rings. The second kappa shape index (κ2) is 15.7. The van der Waals surface area contributed by atoms with E-state index in [2.05, 4.69) is 0 Å². The summed E-state index contributed by atoms with van der Waals surface area (Å²) in [5, 5.41) is 16.7. The van der Waals surface area contributed by atoms with Gasteiger partial charge in [-0.15, -0.1) is 0 Å². The molecule has 0 aromatic carbocycles. The maximum Gasteiger partial charge on any atom is 2.00 e. The summed E-state index contributed by atoms with van der Waals surface area (Å²) < 4.78 is 0. The van der Waals surface area contributed by atoms with Crippen molar-refractivity contribution in [2.45, 2.75) is 0 Å².